The fourth-order valence-electron chi connectivity index (χ4n) is 1.09. The summed E-state index contributed by atoms with van der Waals surface area (Å²) in [5, 5.41) is 10.2. The maximum atomic E-state index is 11.5. The summed E-state index contributed by atoms with van der Waals surface area (Å²) in [4.78, 5) is 6.28. The Hall–Kier alpha value is -0.880. The number of nitrogens with one attached hydrogen (secondary N) is 1. The average Bonchev–Trinajstić information content (AvgIpc) is 2.65. The molecule has 0 saturated carbocycles. The SMILES string of the molecule is [O]CCCCCS(=O)(=O)c1c[nH]cn1. The Morgan fingerprint density at radius 1 is 1.29 bits per heavy atom. The van der Waals surface area contributed by atoms with Crippen LogP contribution in [0.1, 0.15) is 19.3 Å². The molecule has 0 spiro atoms. The maximum Gasteiger partial charge on any atom is 0.197 e. The Morgan fingerprint density at radius 3 is 2.64 bits per heavy atom. The van der Waals surface area contributed by atoms with Crippen LogP contribution in [0.4, 0.5) is 0 Å². The lowest BCUT2D eigenvalue weighted by atomic mass is 10.3. The van der Waals surface area contributed by atoms with Gasteiger partial charge in [0.15, 0.2) is 14.9 Å². The molecule has 0 saturated heterocycles. The zero-order valence-electron chi connectivity index (χ0n) is 7.77. The van der Waals surface area contributed by atoms with Crippen LogP contribution in [-0.4, -0.2) is 30.7 Å². The van der Waals surface area contributed by atoms with Crippen molar-refractivity contribution in [3.8, 4) is 0 Å². The van der Waals surface area contributed by atoms with Crippen molar-refractivity contribution >= 4 is 9.84 Å². The molecule has 0 aromatic carbocycles. The lowest BCUT2D eigenvalue weighted by Gasteiger charge is -1.99. The van der Waals surface area contributed by atoms with E-state index in [1.54, 1.807) is 0 Å². The van der Waals surface area contributed by atoms with E-state index in [-0.39, 0.29) is 17.4 Å². The highest BCUT2D eigenvalue weighted by Crippen LogP contribution is 2.08. The van der Waals surface area contributed by atoms with Gasteiger partial charge in [0.2, 0.25) is 0 Å². The van der Waals surface area contributed by atoms with E-state index < -0.39 is 9.84 Å². The van der Waals surface area contributed by atoms with Crippen LogP contribution < -0.4 is 0 Å². The maximum absolute atomic E-state index is 11.5. The van der Waals surface area contributed by atoms with Gasteiger partial charge in [-0.15, -0.1) is 0 Å². The lowest BCUT2D eigenvalue weighted by Crippen LogP contribution is -2.07. The van der Waals surface area contributed by atoms with Gasteiger partial charge in [0, 0.05) is 6.20 Å². The second-order valence-electron chi connectivity index (χ2n) is 2.99. The minimum absolute atomic E-state index is 0.0673. The Kier molecular flexibility index (Phi) is 4.09. The molecule has 1 aromatic heterocycles. The van der Waals surface area contributed by atoms with Crippen molar-refractivity contribution in [2.45, 2.75) is 24.3 Å². The van der Waals surface area contributed by atoms with Gasteiger partial charge in [-0.2, -0.15) is 0 Å². The van der Waals surface area contributed by atoms with Crippen LogP contribution in [0, 0.1) is 0 Å². The molecular weight excluding hydrogens is 204 g/mol. The molecule has 0 amide bonds. The topological polar surface area (TPSA) is 82.7 Å². The monoisotopic (exact) mass is 217 g/mol. The predicted molar refractivity (Wildman–Crippen MR) is 50.0 cm³/mol. The van der Waals surface area contributed by atoms with E-state index in [0.717, 1.165) is 0 Å². The third-order valence-corrected chi connectivity index (χ3v) is 3.54. The van der Waals surface area contributed by atoms with E-state index in [0.29, 0.717) is 19.3 Å². The zero-order valence-corrected chi connectivity index (χ0v) is 8.59. The fourth-order valence-corrected chi connectivity index (χ4v) is 2.35. The predicted octanol–water partition coefficient (Wildman–Crippen LogP) is 0.784. The van der Waals surface area contributed by atoms with Gasteiger partial charge in [0.1, 0.15) is 0 Å². The minimum atomic E-state index is -3.24. The third-order valence-electron chi connectivity index (χ3n) is 1.85. The first-order valence-corrected chi connectivity index (χ1v) is 6.11. The number of unbranched alkanes of at least 4 members (excludes halogenated alkanes) is 2. The number of H-pyrrole nitrogens is 1. The van der Waals surface area contributed by atoms with E-state index in [1.807, 2.05) is 0 Å². The van der Waals surface area contributed by atoms with Gasteiger partial charge in [-0.05, 0) is 12.8 Å². The molecule has 79 valence electrons. The van der Waals surface area contributed by atoms with E-state index in [4.69, 9.17) is 0 Å². The number of imidazole rings is 1. The van der Waals surface area contributed by atoms with Crippen molar-refractivity contribution in [1.29, 1.82) is 0 Å². The zero-order chi connectivity index (χ0) is 10.4. The van der Waals surface area contributed by atoms with Crippen LogP contribution in [0.15, 0.2) is 17.6 Å². The Balaban J connectivity index is 2.44. The highest BCUT2D eigenvalue weighted by molar-refractivity contribution is 7.91. The minimum Gasteiger partial charge on any atom is -0.350 e. The molecule has 1 heterocycles. The summed E-state index contributed by atoms with van der Waals surface area (Å²) >= 11 is 0. The first-order chi connectivity index (χ1) is 6.67. The number of rotatable bonds is 6. The lowest BCUT2D eigenvalue weighted by molar-refractivity contribution is 0.186. The van der Waals surface area contributed by atoms with Gasteiger partial charge < -0.3 is 4.98 Å². The Bertz CT molecular complexity index is 345. The van der Waals surface area contributed by atoms with Gasteiger partial charge >= 0.3 is 0 Å². The molecule has 0 aliphatic rings. The first-order valence-electron chi connectivity index (χ1n) is 4.46. The highest BCUT2D eigenvalue weighted by Gasteiger charge is 2.15. The van der Waals surface area contributed by atoms with Crippen molar-refractivity contribution in [3.05, 3.63) is 12.5 Å². The molecule has 0 bridgehead atoms. The molecule has 0 aliphatic carbocycles. The molecule has 0 unspecified atom stereocenters. The Labute approximate surface area is 83.1 Å². The van der Waals surface area contributed by atoms with E-state index in [1.165, 1.54) is 12.5 Å². The fraction of sp³-hybridized carbons (Fsp3) is 0.625. The van der Waals surface area contributed by atoms with Crippen molar-refractivity contribution in [3.63, 3.8) is 0 Å². The van der Waals surface area contributed by atoms with Gasteiger partial charge in [-0.1, -0.05) is 6.42 Å². The normalized spacial score (nSPS) is 11.8. The second-order valence-corrected chi connectivity index (χ2v) is 5.05. The van der Waals surface area contributed by atoms with Crippen molar-refractivity contribution in [2.24, 2.45) is 0 Å². The van der Waals surface area contributed by atoms with Crippen LogP contribution in [-0.2, 0) is 14.9 Å². The van der Waals surface area contributed by atoms with Gasteiger partial charge in [0.25, 0.3) is 0 Å². The van der Waals surface area contributed by atoms with E-state index >= 15 is 0 Å². The van der Waals surface area contributed by atoms with Gasteiger partial charge in [0.05, 0.1) is 18.7 Å². The molecule has 0 atom stereocenters. The standard InChI is InChI=1S/C8H13N2O3S/c11-4-2-1-3-5-14(12,13)8-6-9-7-10-8/h6-7H,1-5H2,(H,9,10). The molecule has 0 fully saturated rings. The molecular formula is C8H13N2O3S. The number of hydrogen-bond donors (Lipinski definition) is 1. The first kappa shape index (κ1) is 11.2. The summed E-state index contributed by atoms with van der Waals surface area (Å²) in [6.45, 7) is -0.136. The van der Waals surface area contributed by atoms with Crippen LogP contribution in [0.2, 0.25) is 0 Å². The molecule has 1 N–H and O–H groups in total. The van der Waals surface area contributed by atoms with E-state index in [2.05, 4.69) is 9.97 Å². The third kappa shape index (κ3) is 3.12. The number of sulfone groups is 1. The van der Waals surface area contributed by atoms with Crippen molar-refractivity contribution in [1.82, 2.24) is 9.97 Å². The largest absolute Gasteiger partial charge is 0.350 e. The van der Waals surface area contributed by atoms with Crippen molar-refractivity contribution < 1.29 is 13.5 Å². The number of aromatic amines is 1. The number of aromatic nitrogens is 2. The van der Waals surface area contributed by atoms with Crippen LogP contribution >= 0.6 is 0 Å². The molecule has 1 radical (unpaired) electrons. The summed E-state index contributed by atoms with van der Waals surface area (Å²) in [6, 6.07) is 0. The van der Waals surface area contributed by atoms with Gasteiger partial charge in [-0.25, -0.2) is 18.5 Å². The summed E-state index contributed by atoms with van der Waals surface area (Å²) in [7, 11) is -3.24. The quantitative estimate of drug-likeness (QED) is 0.715. The van der Waals surface area contributed by atoms with Crippen LogP contribution in [0.3, 0.4) is 0 Å². The van der Waals surface area contributed by atoms with Crippen LogP contribution in [0.5, 0.6) is 0 Å². The van der Waals surface area contributed by atoms with E-state index in [9.17, 15) is 13.5 Å². The second kappa shape index (κ2) is 5.11. The summed E-state index contributed by atoms with van der Waals surface area (Å²) in [5.74, 6) is 0.0673. The molecule has 0 aliphatic heterocycles. The molecule has 5 nitrogen and oxygen atoms in total. The summed E-state index contributed by atoms with van der Waals surface area (Å²) < 4.78 is 23.0. The smallest absolute Gasteiger partial charge is 0.197 e. The Morgan fingerprint density at radius 2 is 2.07 bits per heavy atom. The molecule has 1 rings (SSSR count). The highest BCUT2D eigenvalue weighted by atomic mass is 32.2. The molecule has 1 aromatic rings. The van der Waals surface area contributed by atoms with Crippen molar-refractivity contribution in [2.75, 3.05) is 12.4 Å². The molecule has 6 heteroatoms. The van der Waals surface area contributed by atoms with Gasteiger partial charge in [-0.3, -0.25) is 0 Å². The summed E-state index contributed by atoms with van der Waals surface area (Å²) in [6.07, 6.45) is 4.42. The van der Waals surface area contributed by atoms with Crippen LogP contribution in [0.25, 0.3) is 0 Å². The number of nitrogens with zero attached hydrogens (tertiary/aromatic N) is 1. The number of hydrogen-bond acceptors (Lipinski definition) is 3. The average molecular weight is 217 g/mol. The molecule has 14 heavy (non-hydrogen) atoms. The summed E-state index contributed by atoms with van der Waals surface area (Å²) in [5.41, 5.74) is 0.